The summed E-state index contributed by atoms with van der Waals surface area (Å²) in [6.07, 6.45) is 1.05. The Labute approximate surface area is 177 Å². The number of nitrogens with one attached hydrogen (secondary N) is 1. The zero-order valence-electron chi connectivity index (χ0n) is 17.7. The van der Waals surface area contributed by atoms with Gasteiger partial charge in [-0.15, -0.1) is 0 Å². The molecule has 0 saturated heterocycles. The molecule has 2 rings (SSSR count). The number of esters is 1. The fraction of sp³-hybridized carbons (Fsp3) is 0.375. The first-order valence-corrected chi connectivity index (χ1v) is 10.1. The molecule has 0 aliphatic heterocycles. The van der Waals surface area contributed by atoms with Crippen molar-refractivity contribution in [3.63, 3.8) is 0 Å². The van der Waals surface area contributed by atoms with Crippen molar-refractivity contribution in [3.05, 3.63) is 59.7 Å². The van der Waals surface area contributed by atoms with Crippen LogP contribution in [0.25, 0.3) is 0 Å². The maximum atomic E-state index is 11.7. The Kier molecular flexibility index (Phi) is 8.89. The number of hydrogen-bond acceptors (Lipinski definition) is 5. The lowest BCUT2D eigenvalue weighted by atomic mass is 10.0. The minimum atomic E-state index is -0.801. The molecule has 1 amide bonds. The molecule has 158 valence electrons. The first-order valence-electron chi connectivity index (χ1n) is 10.1. The predicted molar refractivity (Wildman–Crippen MR) is 115 cm³/mol. The lowest BCUT2D eigenvalue weighted by Crippen LogP contribution is -2.18. The normalized spacial score (nSPS) is 11.4. The van der Waals surface area contributed by atoms with Gasteiger partial charge in [-0.2, -0.15) is 5.26 Å². The second kappa shape index (κ2) is 11.6. The molecule has 0 fully saturated rings. The van der Waals surface area contributed by atoms with Crippen LogP contribution in [0.2, 0.25) is 0 Å². The maximum Gasteiger partial charge on any atom is 0.323 e. The number of amides is 1. The molecule has 0 heterocycles. The first kappa shape index (κ1) is 23.0. The van der Waals surface area contributed by atoms with E-state index in [-0.39, 0.29) is 18.4 Å². The lowest BCUT2D eigenvalue weighted by Gasteiger charge is -2.10. The molecule has 6 heteroatoms. The third-order valence-electron chi connectivity index (χ3n) is 4.50. The van der Waals surface area contributed by atoms with E-state index in [1.54, 1.807) is 6.92 Å². The van der Waals surface area contributed by atoms with Crippen molar-refractivity contribution in [1.29, 1.82) is 5.26 Å². The largest absolute Gasteiger partial charge is 0.493 e. The molecule has 30 heavy (non-hydrogen) atoms. The summed E-state index contributed by atoms with van der Waals surface area (Å²) in [7, 11) is 0. The van der Waals surface area contributed by atoms with E-state index in [2.05, 4.69) is 5.32 Å². The minimum Gasteiger partial charge on any atom is -0.493 e. The molecule has 2 aromatic rings. The number of carbonyl (C=O) groups is 2. The van der Waals surface area contributed by atoms with Crippen molar-refractivity contribution in [3.8, 4) is 11.8 Å². The third kappa shape index (κ3) is 7.25. The minimum absolute atomic E-state index is 0.00197. The predicted octanol–water partition coefficient (Wildman–Crippen LogP) is 4.15. The van der Waals surface area contributed by atoms with E-state index in [1.165, 1.54) is 0 Å². The number of ether oxygens (including phenoxy) is 2. The van der Waals surface area contributed by atoms with Gasteiger partial charge in [0, 0.05) is 18.0 Å². The van der Waals surface area contributed by atoms with Gasteiger partial charge in [-0.25, -0.2) is 0 Å². The number of nitriles is 1. The molecule has 1 unspecified atom stereocenters. The van der Waals surface area contributed by atoms with Gasteiger partial charge in [0.25, 0.3) is 0 Å². The van der Waals surface area contributed by atoms with Crippen molar-refractivity contribution >= 4 is 17.6 Å². The molecule has 0 bridgehead atoms. The van der Waals surface area contributed by atoms with Crippen LogP contribution in [0.15, 0.2) is 48.5 Å². The SMILES string of the molecule is CCOC(=O)C(C#N)Cc1ccc(OCCc2ccc(NC(=O)C(C)C)cc2)cc1. The second-order valence-electron chi connectivity index (χ2n) is 7.22. The molecule has 6 nitrogen and oxygen atoms in total. The fourth-order valence-corrected chi connectivity index (χ4v) is 2.71. The Bertz CT molecular complexity index is 868. The molecule has 0 aliphatic carbocycles. The van der Waals surface area contributed by atoms with E-state index in [1.807, 2.05) is 68.4 Å². The number of carbonyl (C=O) groups excluding carboxylic acids is 2. The first-order chi connectivity index (χ1) is 14.4. The van der Waals surface area contributed by atoms with Crippen LogP contribution in [-0.2, 0) is 27.2 Å². The summed E-state index contributed by atoms with van der Waals surface area (Å²) in [6, 6.07) is 17.1. The zero-order chi connectivity index (χ0) is 21.9. The van der Waals surface area contributed by atoms with Gasteiger partial charge in [0.2, 0.25) is 5.91 Å². The standard InChI is InChI=1S/C24H28N2O4/c1-4-29-24(28)20(16-25)15-19-7-11-22(12-8-19)30-14-13-18-5-9-21(10-6-18)26-23(27)17(2)3/h5-12,17,20H,4,13-15H2,1-3H3,(H,26,27). The Morgan fingerprint density at radius 1 is 1.03 bits per heavy atom. The van der Waals surface area contributed by atoms with Crippen LogP contribution in [-0.4, -0.2) is 25.1 Å². The van der Waals surface area contributed by atoms with Crippen LogP contribution >= 0.6 is 0 Å². The Morgan fingerprint density at radius 2 is 1.67 bits per heavy atom. The molecular weight excluding hydrogens is 380 g/mol. The zero-order valence-corrected chi connectivity index (χ0v) is 17.7. The average molecular weight is 408 g/mol. The van der Waals surface area contributed by atoms with Crippen LogP contribution in [0.4, 0.5) is 5.69 Å². The van der Waals surface area contributed by atoms with Gasteiger partial charge in [-0.1, -0.05) is 38.1 Å². The van der Waals surface area contributed by atoms with Crippen LogP contribution in [0.1, 0.15) is 31.9 Å². The average Bonchev–Trinajstić information content (AvgIpc) is 2.74. The highest BCUT2D eigenvalue weighted by atomic mass is 16.5. The topological polar surface area (TPSA) is 88.4 Å². The van der Waals surface area contributed by atoms with Gasteiger partial charge in [-0.3, -0.25) is 9.59 Å². The smallest absolute Gasteiger partial charge is 0.323 e. The third-order valence-corrected chi connectivity index (χ3v) is 4.50. The van der Waals surface area contributed by atoms with Crippen molar-refractivity contribution in [2.75, 3.05) is 18.5 Å². The van der Waals surface area contributed by atoms with E-state index >= 15 is 0 Å². The van der Waals surface area contributed by atoms with Crippen molar-refractivity contribution in [2.45, 2.75) is 33.6 Å². The summed E-state index contributed by atoms with van der Waals surface area (Å²) >= 11 is 0. The molecular formula is C24H28N2O4. The van der Waals surface area contributed by atoms with Crippen LogP contribution in [0.3, 0.4) is 0 Å². The molecule has 0 aliphatic rings. The van der Waals surface area contributed by atoms with Crippen LogP contribution < -0.4 is 10.1 Å². The number of nitrogens with zero attached hydrogens (tertiary/aromatic N) is 1. The Morgan fingerprint density at radius 3 is 2.23 bits per heavy atom. The molecule has 2 aromatic carbocycles. The number of rotatable bonds is 10. The van der Waals surface area contributed by atoms with Gasteiger partial charge < -0.3 is 14.8 Å². The van der Waals surface area contributed by atoms with Crippen LogP contribution in [0.5, 0.6) is 5.75 Å². The number of hydrogen-bond donors (Lipinski definition) is 1. The molecule has 0 aromatic heterocycles. The summed E-state index contributed by atoms with van der Waals surface area (Å²) in [5.74, 6) is -0.623. The second-order valence-corrected chi connectivity index (χ2v) is 7.22. The summed E-state index contributed by atoms with van der Waals surface area (Å²) in [6.45, 7) is 6.21. The molecule has 1 N–H and O–H groups in total. The van der Waals surface area contributed by atoms with Crippen molar-refractivity contribution in [1.82, 2.24) is 0 Å². The summed E-state index contributed by atoms with van der Waals surface area (Å²) < 4.78 is 10.7. The van der Waals surface area contributed by atoms with Crippen LogP contribution in [0, 0.1) is 23.2 Å². The monoisotopic (exact) mass is 408 g/mol. The number of benzene rings is 2. The van der Waals surface area contributed by atoms with Gasteiger partial charge >= 0.3 is 5.97 Å². The summed E-state index contributed by atoms with van der Waals surface area (Å²) in [4.78, 5) is 23.5. The maximum absolute atomic E-state index is 11.7. The highest BCUT2D eigenvalue weighted by molar-refractivity contribution is 5.92. The highest BCUT2D eigenvalue weighted by Gasteiger charge is 2.19. The van der Waals surface area contributed by atoms with E-state index in [9.17, 15) is 9.59 Å². The highest BCUT2D eigenvalue weighted by Crippen LogP contribution is 2.17. The Balaban J connectivity index is 1.81. The van der Waals surface area contributed by atoms with Gasteiger partial charge in [0.05, 0.1) is 19.3 Å². The number of anilines is 1. The van der Waals surface area contributed by atoms with Gasteiger partial charge in [0.1, 0.15) is 11.7 Å². The van der Waals surface area contributed by atoms with E-state index in [4.69, 9.17) is 14.7 Å². The van der Waals surface area contributed by atoms with E-state index in [0.29, 0.717) is 13.0 Å². The Hall–Kier alpha value is -3.33. The van der Waals surface area contributed by atoms with Crippen molar-refractivity contribution < 1.29 is 19.1 Å². The van der Waals surface area contributed by atoms with E-state index in [0.717, 1.165) is 29.0 Å². The molecule has 0 radical (unpaired) electrons. The quantitative estimate of drug-likeness (QED) is 0.597. The molecule has 1 atom stereocenters. The lowest BCUT2D eigenvalue weighted by molar-refractivity contribution is -0.146. The van der Waals surface area contributed by atoms with Crippen molar-refractivity contribution in [2.24, 2.45) is 11.8 Å². The summed E-state index contributed by atoms with van der Waals surface area (Å²) in [5, 5.41) is 12.0. The molecule has 0 spiro atoms. The van der Waals surface area contributed by atoms with E-state index < -0.39 is 11.9 Å². The van der Waals surface area contributed by atoms with Gasteiger partial charge in [0.15, 0.2) is 0 Å². The fourth-order valence-electron chi connectivity index (χ4n) is 2.71. The summed E-state index contributed by atoms with van der Waals surface area (Å²) in [5.41, 5.74) is 2.77. The van der Waals surface area contributed by atoms with Gasteiger partial charge in [-0.05, 0) is 48.7 Å². The molecule has 0 saturated carbocycles.